The molecule has 4 nitrogen and oxygen atoms in total. The van der Waals surface area contributed by atoms with E-state index in [0.29, 0.717) is 31.5 Å². The summed E-state index contributed by atoms with van der Waals surface area (Å²) in [6.07, 6.45) is 3.27. The molecule has 2 rings (SSSR count). The Labute approximate surface area is 136 Å². The largest absolute Gasteiger partial charge is 0.507 e. The number of likely N-dealkylation sites (tertiary alicyclic amines) is 1. The predicted molar refractivity (Wildman–Crippen MR) is 87.8 cm³/mol. The average Bonchev–Trinajstić information content (AvgIpc) is 2.49. The molecule has 0 saturated carbocycles. The van der Waals surface area contributed by atoms with E-state index in [0.717, 1.165) is 3.57 Å². The summed E-state index contributed by atoms with van der Waals surface area (Å²) < 4.78 is 0.542. The molecule has 1 aromatic carbocycles. The van der Waals surface area contributed by atoms with Crippen molar-refractivity contribution < 1.29 is 9.90 Å². The first-order valence-corrected chi connectivity index (χ1v) is 8.56. The van der Waals surface area contributed by atoms with Gasteiger partial charge < -0.3 is 10.0 Å². The molecule has 0 spiro atoms. The van der Waals surface area contributed by atoms with Gasteiger partial charge >= 0.3 is 0 Å². The maximum absolute atomic E-state index is 12.4. The van der Waals surface area contributed by atoms with Crippen LogP contribution < -0.4 is 0 Å². The number of benzene rings is 1. The Morgan fingerprint density at radius 2 is 2.15 bits per heavy atom. The zero-order chi connectivity index (χ0) is 14.8. The third-order valence-electron chi connectivity index (χ3n) is 3.64. The summed E-state index contributed by atoms with van der Waals surface area (Å²) in [5.41, 5.74) is 0.338. The van der Waals surface area contributed by atoms with Gasteiger partial charge in [-0.3, -0.25) is 4.79 Å². The number of rotatable bonds is 2. The maximum atomic E-state index is 12.4. The maximum Gasteiger partial charge on any atom is 0.257 e. The molecule has 1 saturated heterocycles. The van der Waals surface area contributed by atoms with E-state index in [4.69, 9.17) is 0 Å². The van der Waals surface area contributed by atoms with E-state index in [9.17, 15) is 15.2 Å². The Balaban J connectivity index is 2.13. The van der Waals surface area contributed by atoms with Crippen molar-refractivity contribution in [1.82, 2.24) is 4.90 Å². The van der Waals surface area contributed by atoms with Gasteiger partial charge in [0.1, 0.15) is 10.5 Å². The van der Waals surface area contributed by atoms with Crippen LogP contribution in [0.4, 0.5) is 0 Å². The fourth-order valence-electron chi connectivity index (χ4n) is 2.28. The summed E-state index contributed by atoms with van der Waals surface area (Å²) in [7, 11) is 0. The molecule has 1 N–H and O–H groups in total. The number of hydrogen-bond acceptors (Lipinski definition) is 4. The summed E-state index contributed by atoms with van der Waals surface area (Å²) in [6.45, 7) is 1.11. The van der Waals surface area contributed by atoms with Crippen LogP contribution in [0.3, 0.4) is 0 Å². The van der Waals surface area contributed by atoms with Crippen LogP contribution in [0.5, 0.6) is 5.75 Å². The second-order valence-electron chi connectivity index (χ2n) is 4.76. The fourth-order valence-corrected chi connectivity index (χ4v) is 3.46. The predicted octanol–water partition coefficient (Wildman–Crippen LogP) is 2.86. The minimum atomic E-state index is -0.371. The molecule has 6 heteroatoms. The van der Waals surface area contributed by atoms with Crippen LogP contribution in [0.2, 0.25) is 0 Å². The number of nitriles is 1. The van der Waals surface area contributed by atoms with E-state index in [2.05, 4.69) is 28.7 Å². The Hall–Kier alpha value is -0.940. The summed E-state index contributed by atoms with van der Waals surface area (Å²) in [6, 6.07) is 7.36. The van der Waals surface area contributed by atoms with E-state index in [-0.39, 0.29) is 16.4 Å². The summed E-state index contributed by atoms with van der Waals surface area (Å²) >= 11 is 3.67. The van der Waals surface area contributed by atoms with Crippen molar-refractivity contribution in [1.29, 1.82) is 5.26 Å². The van der Waals surface area contributed by atoms with Gasteiger partial charge in [-0.2, -0.15) is 5.26 Å². The number of carbonyl (C=O) groups excluding carboxylic acids is 1. The molecule has 20 heavy (non-hydrogen) atoms. The van der Waals surface area contributed by atoms with Crippen molar-refractivity contribution in [2.45, 2.75) is 17.6 Å². The molecule has 0 aliphatic carbocycles. The standard InChI is InChI=1S/C14H15IN2O2S/c1-20-14(9-16)4-6-17(7-5-14)13(19)11-8-10(15)2-3-12(11)18/h2-3,8,18H,4-7H2,1H3. The molecular formula is C14H15IN2O2S. The number of piperidine rings is 1. The summed E-state index contributed by atoms with van der Waals surface area (Å²) in [5.74, 6) is -0.147. The highest BCUT2D eigenvalue weighted by atomic mass is 127. The third kappa shape index (κ3) is 3.04. The number of amides is 1. The molecule has 1 heterocycles. The molecule has 0 atom stereocenters. The zero-order valence-corrected chi connectivity index (χ0v) is 14.1. The minimum absolute atomic E-state index is 0.0115. The van der Waals surface area contributed by atoms with Gasteiger partial charge in [-0.1, -0.05) is 0 Å². The van der Waals surface area contributed by atoms with Crippen molar-refractivity contribution in [3.63, 3.8) is 0 Å². The number of thioether (sulfide) groups is 1. The molecule has 0 bridgehead atoms. The van der Waals surface area contributed by atoms with Crippen LogP contribution in [0.15, 0.2) is 18.2 Å². The third-order valence-corrected chi connectivity index (χ3v) is 5.59. The number of phenols is 1. The van der Waals surface area contributed by atoms with Crippen LogP contribution in [0, 0.1) is 14.9 Å². The lowest BCUT2D eigenvalue weighted by Gasteiger charge is -2.36. The van der Waals surface area contributed by atoms with Crippen molar-refractivity contribution in [2.75, 3.05) is 19.3 Å². The highest BCUT2D eigenvalue weighted by Gasteiger charge is 2.36. The number of hydrogen-bond donors (Lipinski definition) is 1. The zero-order valence-electron chi connectivity index (χ0n) is 11.1. The molecular weight excluding hydrogens is 387 g/mol. The highest BCUT2D eigenvalue weighted by molar-refractivity contribution is 14.1. The first-order valence-electron chi connectivity index (χ1n) is 6.25. The minimum Gasteiger partial charge on any atom is -0.507 e. The molecule has 1 aliphatic rings. The van der Waals surface area contributed by atoms with Gasteiger partial charge in [-0.05, 0) is 59.9 Å². The normalized spacial score (nSPS) is 17.6. The van der Waals surface area contributed by atoms with Crippen LogP contribution in [0.1, 0.15) is 23.2 Å². The van der Waals surface area contributed by atoms with Gasteiger partial charge in [-0.25, -0.2) is 0 Å². The van der Waals surface area contributed by atoms with Crippen LogP contribution in [-0.2, 0) is 0 Å². The van der Waals surface area contributed by atoms with E-state index in [1.165, 1.54) is 0 Å². The van der Waals surface area contributed by atoms with Crippen molar-refractivity contribution in [3.8, 4) is 11.8 Å². The van der Waals surface area contributed by atoms with Crippen LogP contribution in [0.25, 0.3) is 0 Å². The first-order chi connectivity index (χ1) is 9.51. The van der Waals surface area contributed by atoms with E-state index in [1.54, 1.807) is 34.9 Å². The lowest BCUT2D eigenvalue weighted by molar-refractivity contribution is 0.0713. The molecule has 1 fully saturated rings. The number of halogens is 1. The Morgan fingerprint density at radius 3 is 2.70 bits per heavy atom. The second-order valence-corrected chi connectivity index (χ2v) is 7.20. The molecule has 106 valence electrons. The average molecular weight is 402 g/mol. The van der Waals surface area contributed by atoms with Gasteiger partial charge in [-0.15, -0.1) is 11.8 Å². The number of nitrogens with zero attached hydrogens (tertiary/aromatic N) is 2. The Morgan fingerprint density at radius 1 is 1.50 bits per heavy atom. The quantitative estimate of drug-likeness (QED) is 0.773. The molecule has 0 unspecified atom stereocenters. The Bertz CT molecular complexity index is 563. The number of aromatic hydroxyl groups is 1. The van der Waals surface area contributed by atoms with Gasteiger partial charge in [0, 0.05) is 16.7 Å². The van der Waals surface area contributed by atoms with Gasteiger partial charge in [0.15, 0.2) is 0 Å². The van der Waals surface area contributed by atoms with Crippen molar-refractivity contribution in [2.24, 2.45) is 0 Å². The smallest absolute Gasteiger partial charge is 0.257 e. The fraction of sp³-hybridized carbons (Fsp3) is 0.429. The van der Waals surface area contributed by atoms with Gasteiger partial charge in [0.05, 0.1) is 11.6 Å². The van der Waals surface area contributed by atoms with Gasteiger partial charge in [0.2, 0.25) is 0 Å². The SMILES string of the molecule is CSC1(C#N)CCN(C(=O)c2cc(I)ccc2O)CC1. The van der Waals surface area contributed by atoms with E-state index in [1.807, 2.05) is 6.26 Å². The second kappa shape index (κ2) is 6.22. The lowest BCUT2D eigenvalue weighted by Crippen LogP contribution is -2.44. The molecule has 0 aromatic heterocycles. The molecule has 1 aliphatic heterocycles. The molecule has 1 amide bonds. The number of phenolic OH excluding ortho intramolecular Hbond substituents is 1. The topological polar surface area (TPSA) is 64.3 Å². The van der Waals surface area contributed by atoms with E-state index >= 15 is 0 Å². The van der Waals surface area contributed by atoms with Crippen molar-refractivity contribution in [3.05, 3.63) is 27.3 Å². The van der Waals surface area contributed by atoms with Crippen LogP contribution >= 0.6 is 34.4 Å². The molecule has 0 radical (unpaired) electrons. The van der Waals surface area contributed by atoms with Crippen molar-refractivity contribution >= 4 is 40.3 Å². The lowest BCUT2D eigenvalue weighted by atomic mass is 9.96. The highest BCUT2D eigenvalue weighted by Crippen LogP contribution is 2.34. The monoisotopic (exact) mass is 402 g/mol. The first kappa shape index (κ1) is 15.4. The van der Waals surface area contributed by atoms with Crippen LogP contribution in [-0.4, -0.2) is 40.0 Å². The summed E-state index contributed by atoms with van der Waals surface area (Å²) in [4.78, 5) is 14.2. The van der Waals surface area contributed by atoms with E-state index < -0.39 is 0 Å². The van der Waals surface area contributed by atoms with Gasteiger partial charge in [0.25, 0.3) is 5.91 Å². The number of carbonyl (C=O) groups is 1. The summed E-state index contributed by atoms with van der Waals surface area (Å²) in [5, 5.41) is 19.1. The Kier molecular flexibility index (Phi) is 4.81. The molecule has 1 aromatic rings.